The molecule has 0 aromatic carbocycles. The van der Waals surface area contributed by atoms with Gasteiger partial charge >= 0.3 is 0 Å². The van der Waals surface area contributed by atoms with Gasteiger partial charge in [0.15, 0.2) is 0 Å². The molecule has 1 unspecified atom stereocenters. The van der Waals surface area contributed by atoms with Gasteiger partial charge in [-0.25, -0.2) is 4.98 Å². The topological polar surface area (TPSA) is 88.5 Å². The number of carbonyl (C=O) groups excluding carboxylic acids is 1. The molecule has 2 rings (SSSR count). The van der Waals surface area contributed by atoms with Crippen molar-refractivity contribution in [2.75, 3.05) is 37.8 Å². The molecule has 1 aliphatic rings. The van der Waals surface area contributed by atoms with Crippen LogP contribution in [0.25, 0.3) is 0 Å². The van der Waals surface area contributed by atoms with Crippen LogP contribution in [0.1, 0.15) is 23.2 Å². The molecular formula is C13H21N5O. The molecule has 6 heteroatoms. The number of nitrogens with zero attached hydrogens (tertiary/aromatic N) is 3. The molecule has 19 heavy (non-hydrogen) atoms. The predicted octanol–water partition coefficient (Wildman–Crippen LogP) is 0.293. The Kier molecular flexibility index (Phi) is 3.90. The Bertz CT molecular complexity index is 474. The maximum atomic E-state index is 11.5. The molecule has 1 atom stereocenters. The smallest absolute Gasteiger partial charge is 0.252 e. The van der Waals surface area contributed by atoms with Crippen LogP contribution in [0, 0.1) is 0 Å². The highest BCUT2D eigenvalue weighted by Gasteiger charge is 2.25. The van der Waals surface area contributed by atoms with E-state index in [-0.39, 0.29) is 0 Å². The summed E-state index contributed by atoms with van der Waals surface area (Å²) in [7, 11) is 4.14. The molecule has 4 N–H and O–H groups in total. The van der Waals surface area contributed by atoms with Crippen LogP contribution in [0.5, 0.6) is 0 Å². The van der Waals surface area contributed by atoms with Crippen LogP contribution in [0.4, 0.5) is 11.5 Å². The fourth-order valence-corrected chi connectivity index (χ4v) is 2.48. The summed E-state index contributed by atoms with van der Waals surface area (Å²) in [5.41, 5.74) is 11.9. The molecule has 1 aromatic rings. The lowest BCUT2D eigenvalue weighted by Gasteiger charge is -2.37. The first-order chi connectivity index (χ1) is 8.99. The minimum absolute atomic E-state index is 0.402. The number of amides is 1. The summed E-state index contributed by atoms with van der Waals surface area (Å²) >= 11 is 0. The molecule has 0 spiro atoms. The zero-order valence-electron chi connectivity index (χ0n) is 11.5. The standard InChI is InChI=1S/C13H21N5O/c1-17(2)10-4-3-5-18(8-10)13-11(12(15)19)6-9(14)7-16-13/h6-7,10H,3-5,8,14H2,1-2H3,(H2,15,19). The van der Waals surface area contributed by atoms with Gasteiger partial charge < -0.3 is 21.3 Å². The number of hydrogen-bond acceptors (Lipinski definition) is 5. The van der Waals surface area contributed by atoms with Crippen LogP contribution in [-0.4, -0.2) is 49.0 Å². The van der Waals surface area contributed by atoms with E-state index in [1.807, 2.05) is 0 Å². The highest BCUT2D eigenvalue weighted by Crippen LogP contribution is 2.24. The van der Waals surface area contributed by atoms with Gasteiger partial charge in [0.2, 0.25) is 0 Å². The highest BCUT2D eigenvalue weighted by molar-refractivity contribution is 5.98. The molecule has 0 saturated carbocycles. The van der Waals surface area contributed by atoms with E-state index in [1.54, 1.807) is 12.3 Å². The average Bonchev–Trinajstić information content (AvgIpc) is 2.38. The maximum Gasteiger partial charge on any atom is 0.252 e. The number of nitrogen functional groups attached to an aromatic ring is 1. The van der Waals surface area contributed by atoms with E-state index in [2.05, 4.69) is 28.9 Å². The Morgan fingerprint density at radius 1 is 1.53 bits per heavy atom. The van der Waals surface area contributed by atoms with Crippen LogP contribution in [0.3, 0.4) is 0 Å². The van der Waals surface area contributed by atoms with Gasteiger partial charge in [-0.15, -0.1) is 0 Å². The third-order valence-corrected chi connectivity index (χ3v) is 3.58. The maximum absolute atomic E-state index is 11.5. The zero-order valence-corrected chi connectivity index (χ0v) is 11.5. The lowest BCUT2D eigenvalue weighted by Crippen LogP contribution is -2.46. The van der Waals surface area contributed by atoms with Crippen molar-refractivity contribution in [1.29, 1.82) is 0 Å². The zero-order chi connectivity index (χ0) is 14.0. The second-order valence-electron chi connectivity index (χ2n) is 5.21. The van der Waals surface area contributed by atoms with Crippen LogP contribution >= 0.6 is 0 Å². The van der Waals surface area contributed by atoms with Crippen LogP contribution in [-0.2, 0) is 0 Å². The lowest BCUT2D eigenvalue weighted by molar-refractivity contribution is 0.100. The molecule has 2 heterocycles. The number of aromatic nitrogens is 1. The monoisotopic (exact) mass is 263 g/mol. The molecule has 0 bridgehead atoms. The third-order valence-electron chi connectivity index (χ3n) is 3.58. The molecule has 1 aromatic heterocycles. The van der Waals surface area contributed by atoms with Gasteiger partial charge in [0, 0.05) is 19.1 Å². The van der Waals surface area contributed by atoms with E-state index < -0.39 is 5.91 Å². The number of pyridine rings is 1. The van der Waals surface area contributed by atoms with Crippen molar-refractivity contribution in [3.8, 4) is 0 Å². The Morgan fingerprint density at radius 3 is 2.89 bits per heavy atom. The molecule has 104 valence electrons. The number of anilines is 2. The first-order valence-corrected chi connectivity index (χ1v) is 6.45. The average molecular weight is 263 g/mol. The molecule has 1 amide bonds. The molecule has 1 fully saturated rings. The molecule has 0 aliphatic carbocycles. The summed E-state index contributed by atoms with van der Waals surface area (Å²) in [6.07, 6.45) is 3.80. The van der Waals surface area contributed by atoms with Crippen molar-refractivity contribution in [1.82, 2.24) is 9.88 Å². The van der Waals surface area contributed by atoms with Crippen molar-refractivity contribution < 1.29 is 4.79 Å². The number of likely N-dealkylation sites (N-methyl/N-ethyl adjacent to an activating group) is 1. The lowest BCUT2D eigenvalue weighted by atomic mass is 10.0. The van der Waals surface area contributed by atoms with Crippen molar-refractivity contribution >= 4 is 17.4 Å². The van der Waals surface area contributed by atoms with Gasteiger partial charge in [-0.1, -0.05) is 0 Å². The van der Waals surface area contributed by atoms with Gasteiger partial charge in [-0.05, 0) is 33.0 Å². The largest absolute Gasteiger partial charge is 0.397 e. The minimum atomic E-state index is -0.484. The van der Waals surface area contributed by atoms with Crippen LogP contribution < -0.4 is 16.4 Å². The van der Waals surface area contributed by atoms with Crippen molar-refractivity contribution in [3.05, 3.63) is 17.8 Å². The molecule has 0 radical (unpaired) electrons. The minimum Gasteiger partial charge on any atom is -0.397 e. The van der Waals surface area contributed by atoms with Crippen molar-refractivity contribution in [2.24, 2.45) is 5.73 Å². The highest BCUT2D eigenvalue weighted by atomic mass is 16.1. The van der Waals surface area contributed by atoms with Gasteiger partial charge in [0.1, 0.15) is 5.82 Å². The first kappa shape index (κ1) is 13.6. The van der Waals surface area contributed by atoms with E-state index in [0.29, 0.717) is 23.1 Å². The van der Waals surface area contributed by atoms with Gasteiger partial charge in [0.05, 0.1) is 17.4 Å². The second-order valence-corrected chi connectivity index (χ2v) is 5.21. The summed E-state index contributed by atoms with van der Waals surface area (Å²) in [6.45, 7) is 1.74. The Labute approximate surface area is 113 Å². The summed E-state index contributed by atoms with van der Waals surface area (Å²) in [5.74, 6) is 0.162. The van der Waals surface area contributed by atoms with E-state index in [4.69, 9.17) is 11.5 Å². The number of hydrogen-bond donors (Lipinski definition) is 2. The Morgan fingerprint density at radius 2 is 2.26 bits per heavy atom. The fourth-order valence-electron chi connectivity index (χ4n) is 2.48. The Hall–Kier alpha value is -1.82. The quantitative estimate of drug-likeness (QED) is 0.818. The van der Waals surface area contributed by atoms with Gasteiger partial charge in [-0.3, -0.25) is 4.79 Å². The third kappa shape index (κ3) is 2.96. The van der Waals surface area contributed by atoms with Crippen molar-refractivity contribution in [2.45, 2.75) is 18.9 Å². The van der Waals surface area contributed by atoms with E-state index in [0.717, 1.165) is 25.9 Å². The van der Waals surface area contributed by atoms with Crippen LogP contribution in [0.15, 0.2) is 12.3 Å². The van der Waals surface area contributed by atoms with Crippen LogP contribution in [0.2, 0.25) is 0 Å². The van der Waals surface area contributed by atoms with Gasteiger partial charge in [0.25, 0.3) is 5.91 Å². The summed E-state index contributed by atoms with van der Waals surface area (Å²) in [6, 6.07) is 2.07. The van der Waals surface area contributed by atoms with E-state index in [1.165, 1.54) is 0 Å². The van der Waals surface area contributed by atoms with Gasteiger partial charge in [-0.2, -0.15) is 0 Å². The second kappa shape index (κ2) is 5.44. The summed E-state index contributed by atoms with van der Waals surface area (Å²) in [4.78, 5) is 20.1. The number of nitrogens with two attached hydrogens (primary N) is 2. The molecule has 1 aliphatic heterocycles. The summed E-state index contributed by atoms with van der Waals surface area (Å²) < 4.78 is 0. The fraction of sp³-hybridized carbons (Fsp3) is 0.538. The number of piperidine rings is 1. The summed E-state index contributed by atoms with van der Waals surface area (Å²) in [5, 5.41) is 0. The molecular weight excluding hydrogens is 242 g/mol. The van der Waals surface area contributed by atoms with E-state index >= 15 is 0 Å². The van der Waals surface area contributed by atoms with E-state index in [9.17, 15) is 4.79 Å². The number of carbonyl (C=O) groups is 1. The number of primary amides is 1. The predicted molar refractivity (Wildman–Crippen MR) is 76.1 cm³/mol. The molecule has 1 saturated heterocycles. The molecule has 6 nitrogen and oxygen atoms in total. The SMILES string of the molecule is CN(C)C1CCCN(c2ncc(N)cc2C(N)=O)C1. The number of rotatable bonds is 3. The van der Waals surface area contributed by atoms with Crippen molar-refractivity contribution in [3.63, 3.8) is 0 Å². The normalized spacial score (nSPS) is 19.7. The Balaban J connectivity index is 2.28. The first-order valence-electron chi connectivity index (χ1n) is 6.45.